The summed E-state index contributed by atoms with van der Waals surface area (Å²) < 4.78 is 31.1. The van der Waals surface area contributed by atoms with Crippen molar-refractivity contribution in [1.29, 1.82) is 0 Å². The maximum atomic E-state index is 12.0. The lowest BCUT2D eigenvalue weighted by atomic mass is 10.2. The number of hydrogen-bond acceptors (Lipinski definition) is 4. The van der Waals surface area contributed by atoms with Crippen LogP contribution in [-0.4, -0.2) is 27.5 Å². The van der Waals surface area contributed by atoms with Gasteiger partial charge in [-0.1, -0.05) is 17.7 Å². The minimum absolute atomic E-state index is 0.00683. The number of carbonyl (C=O) groups excluding carboxylic acids is 1. The van der Waals surface area contributed by atoms with Gasteiger partial charge in [-0.25, -0.2) is 13.1 Å². The van der Waals surface area contributed by atoms with Gasteiger partial charge in [-0.15, -0.1) is 0 Å². The average molecular weight is 306 g/mol. The van der Waals surface area contributed by atoms with Crippen LogP contribution < -0.4 is 4.72 Å². The van der Waals surface area contributed by atoms with E-state index in [4.69, 9.17) is 16.3 Å². The first-order valence-corrected chi connectivity index (χ1v) is 7.64. The van der Waals surface area contributed by atoms with Gasteiger partial charge in [0.15, 0.2) is 0 Å². The first-order valence-electron chi connectivity index (χ1n) is 5.78. The molecule has 7 heteroatoms. The number of benzene rings is 1. The molecule has 0 saturated carbocycles. The molecule has 0 aliphatic heterocycles. The van der Waals surface area contributed by atoms with Crippen LogP contribution >= 0.6 is 11.6 Å². The molecule has 5 nitrogen and oxygen atoms in total. The molecule has 0 aliphatic rings. The topological polar surface area (TPSA) is 72.5 Å². The minimum atomic E-state index is -3.67. The highest BCUT2D eigenvalue weighted by molar-refractivity contribution is 7.89. The Bertz CT molecular complexity index is 557. The van der Waals surface area contributed by atoms with Crippen LogP contribution in [0.3, 0.4) is 0 Å². The lowest BCUT2D eigenvalue weighted by Gasteiger charge is -2.09. The van der Waals surface area contributed by atoms with E-state index in [1.807, 2.05) is 0 Å². The second-order valence-corrected chi connectivity index (χ2v) is 6.03. The fraction of sp³-hybridized carbons (Fsp3) is 0.417. The third-order valence-corrected chi connectivity index (χ3v) is 4.20. The zero-order valence-electron chi connectivity index (χ0n) is 10.8. The molecule has 0 aliphatic carbocycles. The molecule has 1 N–H and O–H groups in total. The zero-order valence-corrected chi connectivity index (χ0v) is 12.3. The first kappa shape index (κ1) is 15.9. The van der Waals surface area contributed by atoms with Crippen LogP contribution in [0.5, 0.6) is 0 Å². The Morgan fingerprint density at radius 2 is 2.11 bits per heavy atom. The van der Waals surface area contributed by atoms with Gasteiger partial charge in [0.25, 0.3) is 0 Å². The summed E-state index contributed by atoms with van der Waals surface area (Å²) in [5.41, 5.74) is 0.591. The molecule has 106 valence electrons. The number of nitrogens with one attached hydrogen (secondary N) is 1. The predicted molar refractivity (Wildman–Crippen MR) is 72.6 cm³/mol. The molecule has 0 bridgehead atoms. The Labute approximate surface area is 118 Å². The van der Waals surface area contributed by atoms with Crippen molar-refractivity contribution in [2.24, 2.45) is 0 Å². The molecule has 0 heterocycles. The second-order valence-electron chi connectivity index (χ2n) is 3.86. The number of sulfonamides is 1. The lowest BCUT2D eigenvalue weighted by Crippen LogP contribution is -2.27. The molecular weight excluding hydrogens is 290 g/mol. The molecular formula is C12H16ClNO4S. The van der Waals surface area contributed by atoms with Crippen molar-refractivity contribution in [2.75, 3.05) is 13.2 Å². The van der Waals surface area contributed by atoms with E-state index in [1.165, 1.54) is 6.07 Å². The van der Waals surface area contributed by atoms with Crippen molar-refractivity contribution in [2.45, 2.75) is 25.2 Å². The van der Waals surface area contributed by atoms with Crippen LogP contribution in [0, 0.1) is 6.92 Å². The molecule has 0 radical (unpaired) electrons. The fourth-order valence-electron chi connectivity index (χ4n) is 1.46. The van der Waals surface area contributed by atoms with Crippen molar-refractivity contribution < 1.29 is 17.9 Å². The summed E-state index contributed by atoms with van der Waals surface area (Å²) in [6.07, 6.45) is -0.00726. The minimum Gasteiger partial charge on any atom is -0.466 e. The number of hydrogen-bond donors (Lipinski definition) is 1. The summed E-state index contributed by atoms with van der Waals surface area (Å²) in [4.78, 5) is 11.2. The highest BCUT2D eigenvalue weighted by Crippen LogP contribution is 2.19. The molecule has 0 fully saturated rings. The Balaban J connectivity index is 2.71. The van der Waals surface area contributed by atoms with E-state index < -0.39 is 16.0 Å². The normalized spacial score (nSPS) is 11.3. The maximum absolute atomic E-state index is 12.0. The lowest BCUT2D eigenvalue weighted by molar-refractivity contribution is -0.142. The van der Waals surface area contributed by atoms with E-state index >= 15 is 0 Å². The summed E-state index contributed by atoms with van der Waals surface area (Å²) >= 11 is 5.78. The largest absolute Gasteiger partial charge is 0.466 e. The smallest absolute Gasteiger partial charge is 0.307 e. The summed E-state index contributed by atoms with van der Waals surface area (Å²) in [6.45, 7) is 3.64. The molecule has 1 aromatic rings. The molecule has 0 amide bonds. The highest BCUT2D eigenvalue weighted by atomic mass is 35.5. The SMILES string of the molecule is CCOC(=O)CCNS(=O)(=O)c1cc(Cl)ccc1C. The Kier molecular flexibility index (Phi) is 5.78. The van der Waals surface area contributed by atoms with E-state index in [1.54, 1.807) is 26.0 Å². The van der Waals surface area contributed by atoms with Crippen LogP contribution in [0.1, 0.15) is 18.9 Å². The maximum Gasteiger partial charge on any atom is 0.307 e. The monoisotopic (exact) mass is 305 g/mol. The standard InChI is InChI=1S/C12H16ClNO4S/c1-3-18-12(15)6-7-14-19(16,17)11-8-10(13)5-4-9(11)2/h4-5,8,14H,3,6-7H2,1-2H3. The summed E-state index contributed by atoms with van der Waals surface area (Å²) in [5.74, 6) is -0.437. The van der Waals surface area contributed by atoms with Crippen LogP contribution in [-0.2, 0) is 19.6 Å². The van der Waals surface area contributed by atoms with Gasteiger partial charge in [0.05, 0.1) is 17.9 Å². The van der Waals surface area contributed by atoms with Gasteiger partial charge in [0, 0.05) is 11.6 Å². The molecule has 0 atom stereocenters. The van der Waals surface area contributed by atoms with Gasteiger partial charge in [-0.3, -0.25) is 4.79 Å². The number of rotatable bonds is 6. The second kappa shape index (κ2) is 6.88. The van der Waals surface area contributed by atoms with Crippen molar-refractivity contribution in [3.05, 3.63) is 28.8 Å². The van der Waals surface area contributed by atoms with E-state index in [0.29, 0.717) is 10.6 Å². The highest BCUT2D eigenvalue weighted by Gasteiger charge is 2.17. The van der Waals surface area contributed by atoms with Gasteiger partial charge in [-0.05, 0) is 31.5 Å². The Morgan fingerprint density at radius 1 is 1.42 bits per heavy atom. The molecule has 0 spiro atoms. The Morgan fingerprint density at radius 3 is 2.74 bits per heavy atom. The number of ether oxygens (including phenoxy) is 1. The third-order valence-electron chi connectivity index (χ3n) is 2.37. The molecule has 1 aromatic carbocycles. The number of carbonyl (C=O) groups is 1. The van der Waals surface area contributed by atoms with E-state index in [0.717, 1.165) is 0 Å². The Hall–Kier alpha value is -1.11. The van der Waals surface area contributed by atoms with Gasteiger partial charge in [0.1, 0.15) is 0 Å². The van der Waals surface area contributed by atoms with E-state index in [-0.39, 0.29) is 24.5 Å². The van der Waals surface area contributed by atoms with Crippen LogP contribution in [0.15, 0.2) is 23.1 Å². The van der Waals surface area contributed by atoms with Crippen LogP contribution in [0.25, 0.3) is 0 Å². The van der Waals surface area contributed by atoms with Gasteiger partial charge in [-0.2, -0.15) is 0 Å². The quantitative estimate of drug-likeness (QED) is 0.815. The van der Waals surface area contributed by atoms with Crippen molar-refractivity contribution in [3.8, 4) is 0 Å². The van der Waals surface area contributed by atoms with Crippen LogP contribution in [0.4, 0.5) is 0 Å². The van der Waals surface area contributed by atoms with E-state index in [9.17, 15) is 13.2 Å². The average Bonchev–Trinajstić information content (AvgIpc) is 2.32. The number of esters is 1. The number of aryl methyl sites for hydroxylation is 1. The van der Waals surface area contributed by atoms with Gasteiger partial charge in [0.2, 0.25) is 10.0 Å². The van der Waals surface area contributed by atoms with Crippen molar-refractivity contribution >= 4 is 27.6 Å². The summed E-state index contributed by atoms with van der Waals surface area (Å²) in [6, 6.07) is 4.63. The van der Waals surface area contributed by atoms with E-state index in [2.05, 4.69) is 4.72 Å². The van der Waals surface area contributed by atoms with Gasteiger partial charge >= 0.3 is 5.97 Å². The van der Waals surface area contributed by atoms with Gasteiger partial charge < -0.3 is 4.74 Å². The third kappa shape index (κ3) is 4.81. The molecule has 1 rings (SSSR count). The fourth-order valence-corrected chi connectivity index (χ4v) is 3.00. The van der Waals surface area contributed by atoms with Crippen molar-refractivity contribution in [3.63, 3.8) is 0 Å². The van der Waals surface area contributed by atoms with Crippen LogP contribution in [0.2, 0.25) is 5.02 Å². The molecule has 0 unspecified atom stereocenters. The summed E-state index contributed by atoms with van der Waals surface area (Å²) in [5, 5.41) is 0.344. The number of halogens is 1. The van der Waals surface area contributed by atoms with Crippen molar-refractivity contribution in [1.82, 2.24) is 4.72 Å². The molecule has 0 saturated heterocycles. The predicted octanol–water partition coefficient (Wildman–Crippen LogP) is 1.88. The molecule has 19 heavy (non-hydrogen) atoms. The zero-order chi connectivity index (χ0) is 14.5. The molecule has 0 aromatic heterocycles. The summed E-state index contributed by atoms with van der Waals surface area (Å²) in [7, 11) is -3.67. The first-order chi connectivity index (χ1) is 8.86.